The fourth-order valence-corrected chi connectivity index (χ4v) is 4.24. The first kappa shape index (κ1) is 17.7. The zero-order valence-electron chi connectivity index (χ0n) is 12.2. The number of nitrogens with two attached hydrogens (primary N) is 1. The number of halogens is 1. The zero-order chi connectivity index (χ0) is 17.3. The summed E-state index contributed by atoms with van der Waals surface area (Å²) in [6, 6.07) is 10.6. The molecular formula is C14H15ClN2O4S2. The second-order valence-corrected chi connectivity index (χ2v) is 8.65. The van der Waals surface area contributed by atoms with Gasteiger partial charge in [0.1, 0.15) is 0 Å². The van der Waals surface area contributed by atoms with Gasteiger partial charge in [0.05, 0.1) is 10.6 Å². The van der Waals surface area contributed by atoms with Crippen molar-refractivity contribution in [1.29, 1.82) is 0 Å². The maximum Gasteiger partial charge on any atom is 0.262 e. The summed E-state index contributed by atoms with van der Waals surface area (Å²) in [6.07, 6.45) is 0. The number of anilines is 1. The molecular weight excluding hydrogens is 360 g/mol. The number of rotatable bonds is 5. The predicted octanol–water partition coefficient (Wildman–Crippen LogP) is 2.24. The van der Waals surface area contributed by atoms with Gasteiger partial charge in [-0.05, 0) is 42.3 Å². The first-order chi connectivity index (χ1) is 10.6. The molecule has 0 amide bonds. The van der Waals surface area contributed by atoms with Gasteiger partial charge in [-0.2, -0.15) is 0 Å². The molecule has 0 heterocycles. The molecule has 9 heteroatoms. The van der Waals surface area contributed by atoms with Gasteiger partial charge < -0.3 is 0 Å². The topological polar surface area (TPSA) is 106 Å². The Bertz CT molecular complexity index is 941. The van der Waals surface area contributed by atoms with Crippen molar-refractivity contribution in [1.82, 2.24) is 0 Å². The Morgan fingerprint density at radius 1 is 1.09 bits per heavy atom. The lowest BCUT2D eigenvalue weighted by Gasteiger charge is -2.12. The molecule has 0 unspecified atom stereocenters. The molecule has 2 aromatic rings. The quantitative estimate of drug-likeness (QED) is 0.836. The second kappa shape index (κ2) is 6.48. The molecule has 23 heavy (non-hydrogen) atoms. The minimum absolute atomic E-state index is 0.0573. The highest BCUT2D eigenvalue weighted by molar-refractivity contribution is 7.92. The standard InChI is InChI=1S/C14H15ClN2O4S2/c1-10-13(15)6-3-7-14(10)23(20,21)17-12-5-2-4-11(8-12)9-22(16,18)19/h2-8,17H,9H2,1H3,(H2,16,18,19). The molecule has 0 spiro atoms. The summed E-state index contributed by atoms with van der Waals surface area (Å²) in [6.45, 7) is 1.61. The number of sulfonamides is 2. The third-order valence-corrected chi connectivity index (χ3v) is 5.73. The third kappa shape index (κ3) is 4.68. The Kier molecular flexibility index (Phi) is 5.00. The molecule has 0 aromatic heterocycles. The number of hydrogen-bond acceptors (Lipinski definition) is 4. The molecule has 0 radical (unpaired) electrons. The van der Waals surface area contributed by atoms with Gasteiger partial charge in [0, 0.05) is 10.7 Å². The normalized spacial score (nSPS) is 12.1. The van der Waals surface area contributed by atoms with E-state index in [1.165, 1.54) is 18.2 Å². The molecule has 2 aromatic carbocycles. The van der Waals surface area contributed by atoms with Gasteiger partial charge in [-0.15, -0.1) is 0 Å². The van der Waals surface area contributed by atoms with Crippen molar-refractivity contribution >= 4 is 37.3 Å². The monoisotopic (exact) mass is 374 g/mol. The Morgan fingerprint density at radius 3 is 2.39 bits per heavy atom. The molecule has 0 saturated heterocycles. The van der Waals surface area contributed by atoms with Crippen LogP contribution < -0.4 is 9.86 Å². The minimum Gasteiger partial charge on any atom is -0.280 e. The van der Waals surface area contributed by atoms with Gasteiger partial charge in [0.25, 0.3) is 10.0 Å². The van der Waals surface area contributed by atoms with E-state index in [0.717, 1.165) is 0 Å². The van der Waals surface area contributed by atoms with Crippen LogP contribution in [0.5, 0.6) is 0 Å². The van der Waals surface area contributed by atoms with Crippen LogP contribution in [0.15, 0.2) is 47.4 Å². The molecule has 0 bridgehead atoms. The van der Waals surface area contributed by atoms with Crippen LogP contribution in [0.4, 0.5) is 5.69 Å². The average Bonchev–Trinajstić information content (AvgIpc) is 2.39. The highest BCUT2D eigenvalue weighted by Crippen LogP contribution is 2.25. The molecule has 124 valence electrons. The highest BCUT2D eigenvalue weighted by Gasteiger charge is 2.18. The smallest absolute Gasteiger partial charge is 0.262 e. The van der Waals surface area contributed by atoms with E-state index in [1.807, 2.05) is 0 Å². The lowest BCUT2D eigenvalue weighted by Crippen LogP contribution is -2.16. The zero-order valence-corrected chi connectivity index (χ0v) is 14.5. The van der Waals surface area contributed by atoms with Crippen molar-refractivity contribution in [2.45, 2.75) is 17.6 Å². The van der Waals surface area contributed by atoms with Gasteiger partial charge in [0.15, 0.2) is 0 Å². The van der Waals surface area contributed by atoms with Crippen LogP contribution in [-0.4, -0.2) is 16.8 Å². The van der Waals surface area contributed by atoms with Crippen LogP contribution in [0.2, 0.25) is 5.02 Å². The number of primary sulfonamides is 1. The lowest BCUT2D eigenvalue weighted by atomic mass is 10.2. The van der Waals surface area contributed by atoms with E-state index in [0.29, 0.717) is 16.1 Å². The van der Waals surface area contributed by atoms with Gasteiger partial charge in [0.2, 0.25) is 10.0 Å². The van der Waals surface area contributed by atoms with Gasteiger partial charge in [-0.1, -0.05) is 29.8 Å². The van der Waals surface area contributed by atoms with E-state index in [4.69, 9.17) is 16.7 Å². The summed E-state index contributed by atoms with van der Waals surface area (Å²) < 4.78 is 49.6. The van der Waals surface area contributed by atoms with E-state index in [9.17, 15) is 16.8 Å². The Labute approximate surface area is 140 Å². The second-order valence-electron chi connectivity index (χ2n) is 4.98. The average molecular weight is 375 g/mol. The molecule has 0 aliphatic carbocycles. The summed E-state index contributed by atoms with van der Waals surface area (Å²) in [4.78, 5) is 0.0573. The molecule has 0 aliphatic rings. The SMILES string of the molecule is Cc1c(Cl)cccc1S(=O)(=O)Nc1cccc(CS(N)(=O)=O)c1. The fraction of sp³-hybridized carbons (Fsp3) is 0.143. The van der Waals surface area contributed by atoms with Crippen molar-refractivity contribution < 1.29 is 16.8 Å². The van der Waals surface area contributed by atoms with Crippen LogP contribution in [0.25, 0.3) is 0 Å². The Hall–Kier alpha value is -1.61. The van der Waals surface area contributed by atoms with E-state index in [2.05, 4.69) is 4.72 Å². The van der Waals surface area contributed by atoms with Crippen LogP contribution in [0, 0.1) is 6.92 Å². The van der Waals surface area contributed by atoms with E-state index < -0.39 is 20.0 Å². The molecule has 0 fully saturated rings. The van der Waals surface area contributed by atoms with Crippen LogP contribution in [0.1, 0.15) is 11.1 Å². The minimum atomic E-state index is -3.84. The van der Waals surface area contributed by atoms with Crippen molar-refractivity contribution in [3.8, 4) is 0 Å². The molecule has 0 aliphatic heterocycles. The Balaban J connectivity index is 2.34. The first-order valence-electron chi connectivity index (χ1n) is 6.46. The number of nitrogens with one attached hydrogen (secondary N) is 1. The maximum absolute atomic E-state index is 12.5. The molecule has 6 nitrogen and oxygen atoms in total. The molecule has 2 rings (SSSR count). The van der Waals surface area contributed by atoms with Crippen molar-refractivity contribution in [3.63, 3.8) is 0 Å². The summed E-state index contributed by atoms with van der Waals surface area (Å²) >= 11 is 5.95. The number of benzene rings is 2. The largest absolute Gasteiger partial charge is 0.280 e. The van der Waals surface area contributed by atoms with E-state index in [-0.39, 0.29) is 16.3 Å². The lowest BCUT2D eigenvalue weighted by molar-refractivity contribution is 0.596. The van der Waals surface area contributed by atoms with Crippen LogP contribution in [0.3, 0.4) is 0 Å². The van der Waals surface area contributed by atoms with E-state index >= 15 is 0 Å². The summed E-state index contributed by atoms with van der Waals surface area (Å²) in [5.41, 5.74) is 1.06. The van der Waals surface area contributed by atoms with E-state index in [1.54, 1.807) is 31.2 Å². The van der Waals surface area contributed by atoms with Gasteiger partial charge in [-0.3, -0.25) is 4.72 Å². The summed E-state index contributed by atoms with van der Waals surface area (Å²) in [7, 11) is -7.54. The third-order valence-electron chi connectivity index (χ3n) is 3.05. The summed E-state index contributed by atoms with van der Waals surface area (Å²) in [5.74, 6) is -0.376. The molecule has 3 N–H and O–H groups in total. The molecule has 0 atom stereocenters. The predicted molar refractivity (Wildman–Crippen MR) is 90.3 cm³/mol. The maximum atomic E-state index is 12.5. The van der Waals surface area contributed by atoms with Crippen LogP contribution in [-0.2, 0) is 25.8 Å². The van der Waals surface area contributed by atoms with Gasteiger partial charge >= 0.3 is 0 Å². The summed E-state index contributed by atoms with van der Waals surface area (Å²) in [5, 5.41) is 5.33. The molecule has 0 saturated carbocycles. The first-order valence-corrected chi connectivity index (χ1v) is 10.0. The number of hydrogen-bond donors (Lipinski definition) is 2. The van der Waals surface area contributed by atoms with Gasteiger partial charge in [-0.25, -0.2) is 22.0 Å². The van der Waals surface area contributed by atoms with Crippen molar-refractivity contribution in [2.24, 2.45) is 5.14 Å². The highest BCUT2D eigenvalue weighted by atomic mass is 35.5. The fourth-order valence-electron chi connectivity index (χ4n) is 2.05. The van der Waals surface area contributed by atoms with Crippen molar-refractivity contribution in [2.75, 3.05) is 4.72 Å². The van der Waals surface area contributed by atoms with Crippen molar-refractivity contribution in [3.05, 3.63) is 58.6 Å². The Morgan fingerprint density at radius 2 is 1.74 bits per heavy atom. The van der Waals surface area contributed by atoms with Crippen LogP contribution >= 0.6 is 11.6 Å².